The van der Waals surface area contributed by atoms with Gasteiger partial charge in [-0.15, -0.1) is 0 Å². The molecule has 0 unspecified atom stereocenters. The third-order valence-corrected chi connectivity index (χ3v) is 3.74. The third kappa shape index (κ3) is 4.61. The number of rotatable bonds is 5. The molecule has 28 heavy (non-hydrogen) atoms. The van der Waals surface area contributed by atoms with Crippen molar-refractivity contribution in [1.29, 1.82) is 0 Å². The number of halogens is 3. The maximum absolute atomic E-state index is 13.3. The Labute approximate surface area is 160 Å². The number of alkyl halides is 3. The zero-order valence-corrected chi connectivity index (χ0v) is 15.3. The van der Waals surface area contributed by atoms with E-state index in [0.29, 0.717) is 11.1 Å². The van der Waals surface area contributed by atoms with E-state index < -0.39 is 11.7 Å². The second-order valence-corrected chi connectivity index (χ2v) is 5.89. The Kier molecular flexibility index (Phi) is 5.97. The van der Waals surface area contributed by atoms with Crippen LogP contribution >= 0.6 is 0 Å². The zero-order chi connectivity index (χ0) is 21.1. The predicted molar refractivity (Wildman–Crippen MR) is 103 cm³/mol. The summed E-state index contributed by atoms with van der Waals surface area (Å²) in [5.41, 5.74) is 17.7. The van der Waals surface area contributed by atoms with Gasteiger partial charge in [0.15, 0.2) is 0 Å². The Morgan fingerprint density at radius 3 is 2.32 bits per heavy atom. The lowest BCUT2D eigenvalue weighted by molar-refractivity contribution is -0.137. The van der Waals surface area contributed by atoms with Gasteiger partial charge in [0.1, 0.15) is 17.4 Å². The number of pyridine rings is 1. The molecular formula is C19H20F3N5O. The van der Waals surface area contributed by atoms with Gasteiger partial charge in [-0.05, 0) is 37.3 Å². The highest BCUT2D eigenvalue weighted by atomic mass is 19.4. The van der Waals surface area contributed by atoms with Gasteiger partial charge >= 0.3 is 6.18 Å². The summed E-state index contributed by atoms with van der Waals surface area (Å²) in [7, 11) is 1.34. The van der Waals surface area contributed by atoms with Crippen LogP contribution in [0.1, 0.15) is 23.6 Å². The molecule has 9 heteroatoms. The van der Waals surface area contributed by atoms with Crippen LogP contribution in [0.5, 0.6) is 5.75 Å². The molecule has 148 valence electrons. The van der Waals surface area contributed by atoms with E-state index in [-0.39, 0.29) is 34.4 Å². The summed E-state index contributed by atoms with van der Waals surface area (Å²) in [6.45, 7) is 5.11. The van der Waals surface area contributed by atoms with Crippen molar-refractivity contribution in [1.82, 2.24) is 4.98 Å². The molecule has 6 N–H and O–H groups in total. The number of hydrogen-bond donors (Lipinski definition) is 3. The first-order valence-electron chi connectivity index (χ1n) is 8.02. The van der Waals surface area contributed by atoms with E-state index >= 15 is 0 Å². The van der Waals surface area contributed by atoms with E-state index in [0.717, 1.165) is 12.1 Å². The van der Waals surface area contributed by atoms with E-state index in [4.69, 9.17) is 21.9 Å². The standard InChI is InChI=1S/C19H20F3N5O/c1-10(23)17(12-4-7-16(25)26-9-12)18(27-11(2)24)14-8-13(19(20,21)22)5-6-15(14)28-3/h4-9H,2,23-24H2,1,3H3,(H2,25,26)/b17-10-,27-18?. The van der Waals surface area contributed by atoms with Gasteiger partial charge in [0.2, 0.25) is 0 Å². The quantitative estimate of drug-likeness (QED) is 0.677. The molecule has 0 radical (unpaired) electrons. The van der Waals surface area contributed by atoms with Crippen molar-refractivity contribution >= 4 is 17.1 Å². The molecule has 0 aliphatic carbocycles. The summed E-state index contributed by atoms with van der Waals surface area (Å²) in [5, 5.41) is 0. The van der Waals surface area contributed by atoms with Gasteiger partial charge in [-0.3, -0.25) is 0 Å². The van der Waals surface area contributed by atoms with Crippen molar-refractivity contribution in [2.45, 2.75) is 13.1 Å². The molecule has 0 saturated carbocycles. The molecule has 1 aromatic carbocycles. The summed E-state index contributed by atoms with van der Waals surface area (Å²) < 4.78 is 45.1. The normalized spacial score (nSPS) is 13.1. The highest BCUT2D eigenvalue weighted by molar-refractivity contribution is 6.33. The van der Waals surface area contributed by atoms with Crippen LogP contribution in [-0.2, 0) is 6.18 Å². The zero-order valence-electron chi connectivity index (χ0n) is 15.3. The van der Waals surface area contributed by atoms with Crippen LogP contribution in [0.15, 0.2) is 59.6 Å². The van der Waals surface area contributed by atoms with Crippen molar-refractivity contribution in [3.63, 3.8) is 0 Å². The highest BCUT2D eigenvalue weighted by Gasteiger charge is 2.32. The molecule has 1 heterocycles. The first kappa shape index (κ1) is 20.8. The molecule has 1 aromatic heterocycles. The number of aliphatic imine (C=N–C) groups is 1. The maximum Gasteiger partial charge on any atom is 0.416 e. The van der Waals surface area contributed by atoms with Crippen molar-refractivity contribution in [3.8, 4) is 5.75 Å². The van der Waals surface area contributed by atoms with Gasteiger partial charge in [0, 0.05) is 28.6 Å². The highest BCUT2D eigenvalue weighted by Crippen LogP contribution is 2.35. The minimum atomic E-state index is -4.56. The Balaban J connectivity index is 2.82. The number of anilines is 1. The average Bonchev–Trinajstić information content (AvgIpc) is 2.60. The lowest BCUT2D eigenvalue weighted by atomic mass is 9.93. The number of nitrogens with two attached hydrogens (primary N) is 3. The van der Waals surface area contributed by atoms with Gasteiger partial charge in [-0.2, -0.15) is 13.2 Å². The van der Waals surface area contributed by atoms with Crippen LogP contribution in [-0.4, -0.2) is 17.8 Å². The number of methoxy groups -OCH3 is 1. The third-order valence-electron chi connectivity index (χ3n) is 3.74. The Morgan fingerprint density at radius 1 is 1.18 bits per heavy atom. The SMILES string of the molecule is C=C(N)N=C(/C(=C(/C)N)c1ccc(N)nc1)c1cc(C(F)(F)F)ccc1OC. The molecule has 0 bridgehead atoms. The fraction of sp³-hybridized carbons (Fsp3) is 0.158. The number of nitrogen functional groups attached to an aromatic ring is 1. The number of benzene rings is 1. The molecule has 0 aliphatic rings. The van der Waals surface area contributed by atoms with Crippen LogP contribution in [0.3, 0.4) is 0 Å². The second kappa shape index (κ2) is 8.03. The van der Waals surface area contributed by atoms with E-state index in [9.17, 15) is 13.2 Å². The molecule has 6 nitrogen and oxygen atoms in total. The average molecular weight is 391 g/mol. The minimum Gasteiger partial charge on any atom is -0.496 e. The predicted octanol–water partition coefficient (Wildman–Crippen LogP) is 3.30. The Bertz CT molecular complexity index is 943. The fourth-order valence-corrected chi connectivity index (χ4v) is 2.57. The monoisotopic (exact) mass is 391 g/mol. The minimum absolute atomic E-state index is 0.0561. The van der Waals surface area contributed by atoms with E-state index in [1.54, 1.807) is 13.0 Å². The van der Waals surface area contributed by atoms with Gasteiger partial charge in [-0.25, -0.2) is 9.98 Å². The van der Waals surface area contributed by atoms with Gasteiger partial charge < -0.3 is 21.9 Å². The lowest BCUT2D eigenvalue weighted by Crippen LogP contribution is -2.15. The van der Waals surface area contributed by atoms with E-state index in [1.165, 1.54) is 25.4 Å². The first-order chi connectivity index (χ1) is 13.0. The summed E-state index contributed by atoms with van der Waals surface area (Å²) in [4.78, 5) is 8.16. The van der Waals surface area contributed by atoms with E-state index in [2.05, 4.69) is 16.6 Å². The van der Waals surface area contributed by atoms with Crippen molar-refractivity contribution in [2.24, 2.45) is 16.5 Å². The molecule has 0 fully saturated rings. The molecule has 2 rings (SSSR count). The summed E-state index contributed by atoms with van der Waals surface area (Å²) in [6.07, 6.45) is -3.12. The molecule has 0 spiro atoms. The summed E-state index contributed by atoms with van der Waals surface area (Å²) in [5.74, 6) is 0.322. The molecule has 0 amide bonds. The van der Waals surface area contributed by atoms with Crippen molar-refractivity contribution < 1.29 is 17.9 Å². The first-order valence-corrected chi connectivity index (χ1v) is 8.02. The van der Waals surface area contributed by atoms with Gasteiger partial charge in [0.05, 0.1) is 18.4 Å². The number of ether oxygens (including phenoxy) is 1. The number of nitrogens with zero attached hydrogens (tertiary/aromatic N) is 2. The Morgan fingerprint density at radius 2 is 1.86 bits per heavy atom. The largest absolute Gasteiger partial charge is 0.496 e. The molecule has 0 saturated heterocycles. The topological polar surface area (TPSA) is 113 Å². The van der Waals surface area contributed by atoms with Crippen LogP contribution in [0.2, 0.25) is 0 Å². The lowest BCUT2D eigenvalue weighted by Gasteiger charge is -2.18. The Hall–Kier alpha value is -3.49. The molecule has 0 aliphatic heterocycles. The number of hydrogen-bond acceptors (Lipinski definition) is 6. The number of allylic oxidation sites excluding steroid dienone is 2. The van der Waals surface area contributed by atoms with Gasteiger partial charge in [-0.1, -0.05) is 6.58 Å². The van der Waals surface area contributed by atoms with Crippen LogP contribution < -0.4 is 21.9 Å². The molecule has 0 atom stereocenters. The summed E-state index contributed by atoms with van der Waals surface area (Å²) >= 11 is 0. The fourth-order valence-electron chi connectivity index (χ4n) is 2.57. The van der Waals surface area contributed by atoms with Crippen LogP contribution in [0, 0.1) is 0 Å². The van der Waals surface area contributed by atoms with Crippen LogP contribution in [0.4, 0.5) is 19.0 Å². The van der Waals surface area contributed by atoms with Gasteiger partial charge in [0.25, 0.3) is 0 Å². The maximum atomic E-state index is 13.3. The van der Waals surface area contributed by atoms with Crippen molar-refractivity contribution in [2.75, 3.05) is 12.8 Å². The van der Waals surface area contributed by atoms with Crippen LogP contribution in [0.25, 0.3) is 5.57 Å². The smallest absolute Gasteiger partial charge is 0.416 e. The number of aromatic nitrogens is 1. The van der Waals surface area contributed by atoms with E-state index in [1.807, 2.05) is 0 Å². The molecular weight excluding hydrogens is 371 g/mol. The molecule has 2 aromatic rings. The summed E-state index contributed by atoms with van der Waals surface area (Å²) in [6, 6.07) is 6.21. The van der Waals surface area contributed by atoms with Crippen molar-refractivity contribution in [3.05, 3.63) is 71.3 Å². The second-order valence-electron chi connectivity index (χ2n) is 5.89.